The first-order chi connectivity index (χ1) is 10.2. The number of ether oxygens (including phenoxy) is 1. The van der Waals surface area contributed by atoms with E-state index >= 15 is 0 Å². The molecule has 0 aliphatic carbocycles. The van der Waals surface area contributed by atoms with Crippen LogP contribution in [0.4, 0.5) is 0 Å². The summed E-state index contributed by atoms with van der Waals surface area (Å²) in [7, 11) is -2.37. The molecule has 1 unspecified atom stereocenters. The van der Waals surface area contributed by atoms with E-state index in [1.807, 2.05) is 13.8 Å². The van der Waals surface area contributed by atoms with Crippen molar-refractivity contribution in [3.63, 3.8) is 0 Å². The van der Waals surface area contributed by atoms with Crippen molar-refractivity contribution >= 4 is 16.0 Å². The molecule has 9 heteroatoms. The molecule has 2 heterocycles. The molecule has 0 amide bonds. The van der Waals surface area contributed by atoms with Crippen LogP contribution in [0.25, 0.3) is 0 Å². The Morgan fingerprint density at radius 1 is 1.55 bits per heavy atom. The highest BCUT2D eigenvalue weighted by atomic mass is 32.2. The Labute approximate surface area is 130 Å². The van der Waals surface area contributed by atoms with Crippen LogP contribution >= 0.6 is 0 Å². The average Bonchev–Trinajstić information content (AvgIpc) is 2.90. The summed E-state index contributed by atoms with van der Waals surface area (Å²) < 4.78 is 32.5. The molecule has 2 rings (SSSR count). The Hall–Kier alpha value is -1.45. The lowest BCUT2D eigenvalue weighted by molar-refractivity contribution is -0.141. The molecule has 1 saturated heterocycles. The van der Waals surface area contributed by atoms with Crippen LogP contribution in [0.1, 0.15) is 20.3 Å². The lowest BCUT2D eigenvalue weighted by atomic mass is 9.81. The number of sulfonamides is 1. The quantitative estimate of drug-likeness (QED) is 0.766. The zero-order valence-corrected chi connectivity index (χ0v) is 13.8. The monoisotopic (exact) mass is 330 g/mol. The number of carbonyl (C=O) groups is 1. The highest BCUT2D eigenvalue weighted by Crippen LogP contribution is 2.31. The Kier molecular flexibility index (Phi) is 4.59. The van der Waals surface area contributed by atoms with Crippen molar-refractivity contribution in [2.75, 3.05) is 20.2 Å². The van der Waals surface area contributed by atoms with E-state index in [0.29, 0.717) is 19.5 Å². The Morgan fingerprint density at radius 2 is 2.23 bits per heavy atom. The topological polar surface area (TPSA) is 108 Å². The van der Waals surface area contributed by atoms with Crippen molar-refractivity contribution in [1.29, 1.82) is 0 Å². The van der Waals surface area contributed by atoms with Gasteiger partial charge in [-0.05, 0) is 11.8 Å². The minimum atomic E-state index is -3.64. The number of rotatable bonds is 4. The van der Waals surface area contributed by atoms with Gasteiger partial charge in [0.05, 0.1) is 13.3 Å². The van der Waals surface area contributed by atoms with Gasteiger partial charge in [0.1, 0.15) is 11.4 Å². The van der Waals surface area contributed by atoms with Crippen molar-refractivity contribution in [1.82, 2.24) is 14.1 Å². The van der Waals surface area contributed by atoms with Gasteiger partial charge >= 0.3 is 5.97 Å². The summed E-state index contributed by atoms with van der Waals surface area (Å²) in [4.78, 5) is 11.3. The predicted octanol–water partition coefficient (Wildman–Crippen LogP) is -0.196. The Balaban J connectivity index is 2.19. The van der Waals surface area contributed by atoms with Crippen LogP contribution < -0.4 is 5.73 Å². The molecule has 124 valence electrons. The highest BCUT2D eigenvalue weighted by Gasteiger charge is 2.39. The van der Waals surface area contributed by atoms with Gasteiger partial charge in [-0.2, -0.15) is 9.40 Å². The van der Waals surface area contributed by atoms with Crippen LogP contribution in [0.3, 0.4) is 0 Å². The van der Waals surface area contributed by atoms with E-state index in [1.54, 1.807) is 0 Å². The molecule has 1 aromatic heterocycles. The lowest BCUT2D eigenvalue weighted by Gasteiger charge is -2.41. The van der Waals surface area contributed by atoms with E-state index in [4.69, 9.17) is 5.73 Å². The molecule has 8 nitrogen and oxygen atoms in total. The highest BCUT2D eigenvalue weighted by molar-refractivity contribution is 7.89. The second-order valence-electron chi connectivity index (χ2n) is 6.17. The van der Waals surface area contributed by atoms with E-state index in [9.17, 15) is 13.2 Å². The second kappa shape index (κ2) is 5.98. The van der Waals surface area contributed by atoms with Gasteiger partial charge in [-0.15, -0.1) is 0 Å². The Bertz CT molecular complexity index is 653. The maximum Gasteiger partial charge on any atom is 0.327 e. The summed E-state index contributed by atoms with van der Waals surface area (Å²) >= 11 is 0. The van der Waals surface area contributed by atoms with Gasteiger partial charge < -0.3 is 10.5 Å². The number of aromatic nitrogens is 2. The summed E-state index contributed by atoms with van der Waals surface area (Å²) in [6.07, 6.45) is 3.20. The first kappa shape index (κ1) is 16.9. The first-order valence-corrected chi connectivity index (χ1v) is 8.46. The third-order valence-electron chi connectivity index (χ3n) is 4.04. The molecule has 0 spiro atoms. The molecular formula is C13H22N4O4S. The van der Waals surface area contributed by atoms with Crippen LogP contribution in [0.2, 0.25) is 0 Å². The van der Waals surface area contributed by atoms with Gasteiger partial charge in [-0.25, -0.2) is 8.42 Å². The van der Waals surface area contributed by atoms with Crippen molar-refractivity contribution in [3.05, 3.63) is 12.4 Å². The predicted molar refractivity (Wildman–Crippen MR) is 79.4 cm³/mol. The number of nitrogens with two attached hydrogens (primary N) is 1. The third kappa shape index (κ3) is 3.31. The number of carbonyl (C=O) groups excluding carboxylic acids is 1. The number of hydrogen-bond acceptors (Lipinski definition) is 6. The van der Waals surface area contributed by atoms with Crippen molar-refractivity contribution in [2.24, 2.45) is 11.1 Å². The van der Waals surface area contributed by atoms with Gasteiger partial charge in [-0.3, -0.25) is 9.48 Å². The van der Waals surface area contributed by atoms with Gasteiger partial charge in [0, 0.05) is 25.3 Å². The second-order valence-corrected chi connectivity index (χ2v) is 8.11. The number of hydrogen-bond donors (Lipinski definition) is 1. The number of piperidine rings is 1. The van der Waals surface area contributed by atoms with Crippen molar-refractivity contribution < 1.29 is 17.9 Å². The minimum absolute atomic E-state index is 0.0269. The molecule has 2 N–H and O–H groups in total. The molecule has 1 fully saturated rings. The van der Waals surface area contributed by atoms with E-state index in [1.165, 1.54) is 28.5 Å². The maximum atomic E-state index is 12.7. The van der Waals surface area contributed by atoms with Gasteiger partial charge in [0.15, 0.2) is 0 Å². The minimum Gasteiger partial charge on any atom is -0.468 e. The molecule has 0 saturated carbocycles. The average molecular weight is 330 g/mol. The molecule has 0 radical (unpaired) electrons. The van der Waals surface area contributed by atoms with Gasteiger partial charge in [-0.1, -0.05) is 13.8 Å². The van der Waals surface area contributed by atoms with Crippen molar-refractivity contribution in [2.45, 2.75) is 37.8 Å². The molecule has 0 bridgehead atoms. The standard InChI is InChI=1S/C13H22N4O4S/c1-13(2)9-17(5-4-11(13)14)22(19,20)10-6-15-16(7-10)8-12(18)21-3/h6-7,11H,4-5,8-9,14H2,1-3H3. The fourth-order valence-electron chi connectivity index (χ4n) is 2.44. The summed E-state index contributed by atoms with van der Waals surface area (Å²) in [5.41, 5.74) is 5.76. The van der Waals surface area contributed by atoms with Crippen LogP contribution in [0, 0.1) is 5.41 Å². The molecule has 22 heavy (non-hydrogen) atoms. The maximum absolute atomic E-state index is 12.7. The van der Waals surface area contributed by atoms with Crippen LogP contribution in [0.5, 0.6) is 0 Å². The normalized spacial score (nSPS) is 22.5. The fourth-order valence-corrected chi connectivity index (χ4v) is 4.02. The van der Waals surface area contributed by atoms with E-state index in [-0.39, 0.29) is 22.9 Å². The zero-order valence-electron chi connectivity index (χ0n) is 13.0. The van der Waals surface area contributed by atoms with E-state index in [2.05, 4.69) is 9.84 Å². The molecule has 1 atom stereocenters. The van der Waals surface area contributed by atoms with Crippen LogP contribution in [0.15, 0.2) is 17.3 Å². The molecular weight excluding hydrogens is 308 g/mol. The van der Waals surface area contributed by atoms with Gasteiger partial charge in [0.25, 0.3) is 0 Å². The molecule has 1 aliphatic heterocycles. The summed E-state index contributed by atoms with van der Waals surface area (Å²) in [6, 6.07) is -0.0269. The first-order valence-electron chi connectivity index (χ1n) is 7.02. The number of esters is 1. The lowest BCUT2D eigenvalue weighted by Crippen LogP contribution is -2.53. The fraction of sp³-hybridized carbons (Fsp3) is 0.692. The molecule has 0 aromatic carbocycles. The van der Waals surface area contributed by atoms with Crippen LogP contribution in [-0.2, 0) is 26.1 Å². The van der Waals surface area contributed by atoms with Crippen LogP contribution in [-0.4, -0.2) is 54.7 Å². The van der Waals surface area contributed by atoms with Crippen molar-refractivity contribution in [3.8, 4) is 0 Å². The summed E-state index contributed by atoms with van der Waals surface area (Å²) in [5.74, 6) is -0.489. The smallest absolute Gasteiger partial charge is 0.327 e. The zero-order chi connectivity index (χ0) is 16.5. The summed E-state index contributed by atoms with van der Waals surface area (Å²) in [6.45, 7) is 4.54. The SMILES string of the molecule is COC(=O)Cn1cc(S(=O)(=O)N2CCC(N)C(C)(C)C2)cn1. The number of methoxy groups -OCH3 is 1. The number of nitrogens with zero attached hydrogens (tertiary/aromatic N) is 3. The summed E-state index contributed by atoms with van der Waals surface area (Å²) in [5, 5.41) is 3.90. The Morgan fingerprint density at radius 3 is 2.82 bits per heavy atom. The van der Waals surface area contributed by atoms with E-state index < -0.39 is 16.0 Å². The molecule has 1 aliphatic rings. The third-order valence-corrected chi connectivity index (χ3v) is 5.84. The van der Waals surface area contributed by atoms with E-state index in [0.717, 1.165) is 0 Å². The van der Waals surface area contributed by atoms with Gasteiger partial charge in [0.2, 0.25) is 10.0 Å². The largest absolute Gasteiger partial charge is 0.468 e. The molecule has 1 aromatic rings.